The van der Waals surface area contributed by atoms with Gasteiger partial charge < -0.3 is 20.1 Å². The van der Waals surface area contributed by atoms with Gasteiger partial charge in [0.05, 0.1) is 31.1 Å². The predicted molar refractivity (Wildman–Crippen MR) is 112 cm³/mol. The molecule has 9 heteroatoms. The zero-order valence-corrected chi connectivity index (χ0v) is 17.0. The molecule has 3 aromatic heterocycles. The van der Waals surface area contributed by atoms with E-state index in [0.29, 0.717) is 36.8 Å². The summed E-state index contributed by atoms with van der Waals surface area (Å²) >= 11 is 0. The van der Waals surface area contributed by atoms with Gasteiger partial charge in [-0.1, -0.05) is 6.07 Å². The van der Waals surface area contributed by atoms with Gasteiger partial charge in [0.2, 0.25) is 5.88 Å². The minimum Gasteiger partial charge on any atom is -0.478 e. The number of carbonyl (C=O) groups is 1. The van der Waals surface area contributed by atoms with Crippen LogP contribution in [-0.4, -0.2) is 51.9 Å². The van der Waals surface area contributed by atoms with Crippen molar-refractivity contribution in [3.63, 3.8) is 0 Å². The average Bonchev–Trinajstić information content (AvgIpc) is 3.41. The second kappa shape index (κ2) is 9.08. The second-order valence-corrected chi connectivity index (χ2v) is 7.08. The van der Waals surface area contributed by atoms with Crippen LogP contribution in [0.25, 0.3) is 5.65 Å². The van der Waals surface area contributed by atoms with Crippen molar-refractivity contribution < 1.29 is 14.3 Å². The minimum absolute atomic E-state index is 0.0898. The summed E-state index contributed by atoms with van der Waals surface area (Å²) in [5.74, 6) is 0.975. The van der Waals surface area contributed by atoms with E-state index in [9.17, 15) is 4.79 Å². The lowest BCUT2D eigenvalue weighted by Crippen LogP contribution is -2.24. The monoisotopic (exact) mass is 410 g/mol. The van der Waals surface area contributed by atoms with Crippen molar-refractivity contribution in [3.05, 3.63) is 47.9 Å². The summed E-state index contributed by atoms with van der Waals surface area (Å²) in [6.07, 6.45) is 6.10. The number of fused-ring (bicyclic) bond motifs is 1. The molecule has 3 aromatic rings. The molecule has 0 amide bonds. The number of pyridine rings is 1. The fourth-order valence-electron chi connectivity index (χ4n) is 3.68. The first-order valence-corrected chi connectivity index (χ1v) is 10.3. The topological polar surface area (TPSA) is 108 Å². The third kappa shape index (κ3) is 4.06. The lowest BCUT2D eigenvalue weighted by molar-refractivity contribution is 0.0528. The standard InChI is InChI=1S/C21H26N6O3/c1-2-29-21(28)15-14-23-27-12-9-18(25-20(15)27)26-11-4-7-17(26)16-6-3-8-19(24-16)30-13-5-10-22/h3,6,8-9,12,14,17H,2,4-5,7,10-11,13,22H2,1H3. The van der Waals surface area contributed by atoms with Gasteiger partial charge in [-0.3, -0.25) is 0 Å². The van der Waals surface area contributed by atoms with Crippen LogP contribution in [-0.2, 0) is 4.74 Å². The molecule has 0 spiro atoms. The van der Waals surface area contributed by atoms with E-state index in [1.807, 2.05) is 30.5 Å². The molecule has 4 rings (SSSR count). The lowest BCUT2D eigenvalue weighted by Gasteiger charge is -2.25. The lowest BCUT2D eigenvalue weighted by atomic mass is 10.1. The molecule has 0 saturated carbocycles. The van der Waals surface area contributed by atoms with Gasteiger partial charge >= 0.3 is 5.97 Å². The van der Waals surface area contributed by atoms with Gasteiger partial charge in [0, 0.05) is 18.8 Å². The first-order valence-electron chi connectivity index (χ1n) is 10.3. The highest BCUT2D eigenvalue weighted by atomic mass is 16.5. The van der Waals surface area contributed by atoms with E-state index >= 15 is 0 Å². The van der Waals surface area contributed by atoms with Crippen LogP contribution in [0, 0.1) is 0 Å². The summed E-state index contributed by atoms with van der Waals surface area (Å²) in [5.41, 5.74) is 7.33. The maximum absolute atomic E-state index is 12.2. The Morgan fingerprint density at radius 2 is 2.20 bits per heavy atom. The summed E-state index contributed by atoms with van der Waals surface area (Å²) in [5, 5.41) is 4.21. The third-order valence-corrected chi connectivity index (χ3v) is 5.08. The number of carbonyl (C=O) groups excluding carboxylic acids is 1. The second-order valence-electron chi connectivity index (χ2n) is 7.08. The summed E-state index contributed by atoms with van der Waals surface area (Å²) < 4.78 is 12.4. The number of hydrogen-bond acceptors (Lipinski definition) is 8. The maximum Gasteiger partial charge on any atom is 0.343 e. The van der Waals surface area contributed by atoms with Crippen molar-refractivity contribution >= 4 is 17.4 Å². The molecule has 4 heterocycles. The molecule has 0 aliphatic carbocycles. The normalized spacial score (nSPS) is 16.2. The quantitative estimate of drug-likeness (QED) is 0.445. The molecular weight excluding hydrogens is 384 g/mol. The predicted octanol–water partition coefficient (Wildman–Crippen LogP) is 2.37. The van der Waals surface area contributed by atoms with E-state index in [0.717, 1.165) is 37.3 Å². The smallest absolute Gasteiger partial charge is 0.343 e. The Morgan fingerprint density at radius 3 is 3.03 bits per heavy atom. The van der Waals surface area contributed by atoms with Crippen LogP contribution in [0.15, 0.2) is 36.7 Å². The summed E-state index contributed by atoms with van der Waals surface area (Å²) in [6.45, 7) is 4.08. The Kier molecular flexibility index (Phi) is 6.08. The largest absolute Gasteiger partial charge is 0.478 e. The van der Waals surface area contributed by atoms with Gasteiger partial charge in [-0.05, 0) is 44.9 Å². The zero-order valence-electron chi connectivity index (χ0n) is 17.0. The van der Waals surface area contributed by atoms with Crippen molar-refractivity contribution in [1.29, 1.82) is 0 Å². The molecule has 1 aliphatic heterocycles. The Labute approximate surface area is 174 Å². The van der Waals surface area contributed by atoms with E-state index < -0.39 is 5.97 Å². The van der Waals surface area contributed by atoms with Crippen molar-refractivity contribution in [2.24, 2.45) is 5.73 Å². The first-order chi connectivity index (χ1) is 14.7. The van der Waals surface area contributed by atoms with Gasteiger partial charge in [0.15, 0.2) is 5.65 Å². The van der Waals surface area contributed by atoms with E-state index in [-0.39, 0.29) is 6.04 Å². The molecular formula is C21H26N6O3. The van der Waals surface area contributed by atoms with E-state index in [4.69, 9.17) is 25.2 Å². The van der Waals surface area contributed by atoms with Crippen LogP contribution in [0.3, 0.4) is 0 Å². The number of rotatable bonds is 8. The Morgan fingerprint density at radius 1 is 1.30 bits per heavy atom. The summed E-state index contributed by atoms with van der Waals surface area (Å²) in [6, 6.07) is 7.84. The van der Waals surface area contributed by atoms with Gasteiger partial charge in [-0.25, -0.2) is 19.3 Å². The number of nitrogens with two attached hydrogens (primary N) is 1. The van der Waals surface area contributed by atoms with Gasteiger partial charge in [0.25, 0.3) is 0 Å². The SMILES string of the molecule is CCOC(=O)c1cnn2ccc(N3CCCC3c3cccc(OCCCN)n3)nc12. The molecule has 9 nitrogen and oxygen atoms in total. The minimum atomic E-state index is -0.417. The highest BCUT2D eigenvalue weighted by Gasteiger charge is 2.29. The summed E-state index contributed by atoms with van der Waals surface area (Å²) in [4.78, 5) is 23.9. The molecule has 1 aliphatic rings. The Bertz CT molecular complexity index is 1020. The average molecular weight is 410 g/mol. The number of esters is 1. The van der Waals surface area contributed by atoms with Crippen LogP contribution in [0.4, 0.5) is 5.82 Å². The molecule has 1 saturated heterocycles. The van der Waals surface area contributed by atoms with Gasteiger partial charge in [-0.15, -0.1) is 0 Å². The van der Waals surface area contributed by atoms with Crippen LogP contribution in [0.5, 0.6) is 5.88 Å². The van der Waals surface area contributed by atoms with E-state index in [1.54, 1.807) is 11.4 Å². The molecule has 158 valence electrons. The Hall–Kier alpha value is -3.20. The van der Waals surface area contributed by atoms with E-state index in [1.165, 1.54) is 6.20 Å². The molecule has 1 unspecified atom stereocenters. The Balaban J connectivity index is 1.60. The van der Waals surface area contributed by atoms with Crippen molar-refractivity contribution in [3.8, 4) is 5.88 Å². The molecule has 30 heavy (non-hydrogen) atoms. The third-order valence-electron chi connectivity index (χ3n) is 5.08. The fraction of sp³-hybridized carbons (Fsp3) is 0.429. The molecule has 1 atom stereocenters. The van der Waals surface area contributed by atoms with Gasteiger partial charge in [0.1, 0.15) is 11.4 Å². The molecule has 0 radical (unpaired) electrons. The fourth-order valence-corrected chi connectivity index (χ4v) is 3.68. The maximum atomic E-state index is 12.2. The van der Waals surface area contributed by atoms with E-state index in [2.05, 4.69) is 10.00 Å². The number of aromatic nitrogens is 4. The molecule has 0 bridgehead atoms. The number of nitrogens with zero attached hydrogens (tertiary/aromatic N) is 5. The number of anilines is 1. The summed E-state index contributed by atoms with van der Waals surface area (Å²) in [7, 11) is 0. The van der Waals surface area contributed by atoms with Crippen LogP contribution < -0.4 is 15.4 Å². The number of ether oxygens (including phenoxy) is 2. The molecule has 1 fully saturated rings. The zero-order chi connectivity index (χ0) is 20.9. The molecule has 2 N–H and O–H groups in total. The van der Waals surface area contributed by atoms with Crippen LogP contribution >= 0.6 is 0 Å². The van der Waals surface area contributed by atoms with Gasteiger partial charge in [-0.2, -0.15) is 5.10 Å². The van der Waals surface area contributed by atoms with Crippen molar-refractivity contribution in [2.45, 2.75) is 32.2 Å². The van der Waals surface area contributed by atoms with Crippen LogP contribution in [0.1, 0.15) is 48.3 Å². The highest BCUT2D eigenvalue weighted by molar-refractivity contribution is 5.95. The first kappa shape index (κ1) is 20.1. The molecule has 0 aromatic carbocycles. The van der Waals surface area contributed by atoms with Crippen molar-refractivity contribution in [1.82, 2.24) is 19.6 Å². The number of hydrogen-bond donors (Lipinski definition) is 1. The van der Waals surface area contributed by atoms with Crippen molar-refractivity contribution in [2.75, 3.05) is 31.2 Å². The van der Waals surface area contributed by atoms with Crippen LogP contribution in [0.2, 0.25) is 0 Å². The highest BCUT2D eigenvalue weighted by Crippen LogP contribution is 2.35.